The van der Waals surface area contributed by atoms with Crippen molar-refractivity contribution in [3.8, 4) is 11.5 Å². The number of fused-ring (bicyclic) bond motifs is 1. The summed E-state index contributed by atoms with van der Waals surface area (Å²) in [6.45, 7) is 5.18. The van der Waals surface area contributed by atoms with Crippen LogP contribution in [0.1, 0.15) is 53.0 Å². The van der Waals surface area contributed by atoms with Crippen LogP contribution in [-0.2, 0) is 19.4 Å². The van der Waals surface area contributed by atoms with Gasteiger partial charge in [-0.15, -0.1) is 0 Å². The van der Waals surface area contributed by atoms with Gasteiger partial charge >= 0.3 is 0 Å². The maximum Gasteiger partial charge on any atom is 0.122 e. The second kappa shape index (κ2) is 10.0. The Kier molecular flexibility index (Phi) is 6.68. The van der Waals surface area contributed by atoms with Crippen LogP contribution in [0, 0.1) is 6.92 Å². The third-order valence-corrected chi connectivity index (χ3v) is 7.36. The Morgan fingerprint density at radius 2 is 1.94 bits per heavy atom. The van der Waals surface area contributed by atoms with E-state index in [4.69, 9.17) is 9.47 Å². The molecule has 3 aromatic carbocycles. The molecule has 2 heterocycles. The smallest absolute Gasteiger partial charge is 0.122 e. The predicted molar refractivity (Wildman–Crippen MR) is 134 cm³/mol. The average Bonchev–Trinajstić information content (AvgIpc) is 3.46. The summed E-state index contributed by atoms with van der Waals surface area (Å²) in [6, 6.07) is 24.9. The van der Waals surface area contributed by atoms with Crippen molar-refractivity contribution >= 4 is 0 Å². The van der Waals surface area contributed by atoms with Crippen LogP contribution in [0.5, 0.6) is 11.5 Å². The van der Waals surface area contributed by atoms with Gasteiger partial charge in [0.1, 0.15) is 11.5 Å². The summed E-state index contributed by atoms with van der Waals surface area (Å²) in [4.78, 5) is 2.73. The maximum atomic E-state index is 5.74. The fourth-order valence-electron chi connectivity index (χ4n) is 5.66. The lowest BCUT2D eigenvalue weighted by molar-refractivity contribution is 0.230. The van der Waals surface area contributed by atoms with E-state index in [1.807, 2.05) is 0 Å². The normalized spacial score (nSPS) is 19.9. The topological polar surface area (TPSA) is 21.7 Å². The monoisotopic (exact) mass is 441 g/mol. The molecule has 2 aliphatic heterocycles. The van der Waals surface area contributed by atoms with Gasteiger partial charge in [-0.05, 0) is 72.9 Å². The maximum absolute atomic E-state index is 5.74. The van der Waals surface area contributed by atoms with Gasteiger partial charge in [-0.25, -0.2) is 0 Å². The molecular weight excluding hydrogens is 406 g/mol. The summed E-state index contributed by atoms with van der Waals surface area (Å²) in [7, 11) is 1.77. The molecular formula is C30H35NO2. The van der Waals surface area contributed by atoms with Gasteiger partial charge in [0.2, 0.25) is 0 Å². The van der Waals surface area contributed by atoms with Gasteiger partial charge in [-0.3, -0.25) is 4.90 Å². The summed E-state index contributed by atoms with van der Waals surface area (Å²) in [6.07, 6.45) is 5.75. The van der Waals surface area contributed by atoms with Crippen LogP contribution in [0.4, 0.5) is 0 Å². The van der Waals surface area contributed by atoms with Crippen LogP contribution in [0.15, 0.2) is 66.7 Å². The molecule has 3 heteroatoms. The fraction of sp³-hybridized carbons (Fsp3) is 0.400. The molecule has 0 spiro atoms. The molecule has 5 rings (SSSR count). The molecule has 1 saturated heterocycles. The van der Waals surface area contributed by atoms with E-state index in [0.717, 1.165) is 44.0 Å². The van der Waals surface area contributed by atoms with Gasteiger partial charge in [0.05, 0.1) is 13.7 Å². The van der Waals surface area contributed by atoms with Crippen molar-refractivity contribution in [2.75, 3.05) is 20.3 Å². The van der Waals surface area contributed by atoms with Gasteiger partial charge in [-0.2, -0.15) is 0 Å². The largest absolute Gasteiger partial charge is 0.496 e. The molecule has 0 amide bonds. The zero-order valence-corrected chi connectivity index (χ0v) is 19.9. The number of benzene rings is 3. The van der Waals surface area contributed by atoms with Gasteiger partial charge in [0.25, 0.3) is 0 Å². The second-order valence-electron chi connectivity index (χ2n) is 9.67. The SMILES string of the molecule is COc1ccccc1CCCC1CC(c2ccc3c(c2)CCO3)CN1Cc1cccc(C)c1. The highest BCUT2D eigenvalue weighted by molar-refractivity contribution is 5.41. The Labute approximate surface area is 198 Å². The number of ether oxygens (including phenoxy) is 2. The Bertz CT molecular complexity index is 1090. The number of para-hydroxylation sites is 1. The summed E-state index contributed by atoms with van der Waals surface area (Å²) in [5.74, 6) is 2.69. The van der Waals surface area contributed by atoms with Gasteiger partial charge < -0.3 is 9.47 Å². The Morgan fingerprint density at radius 3 is 2.82 bits per heavy atom. The van der Waals surface area contributed by atoms with Crippen LogP contribution in [0.3, 0.4) is 0 Å². The molecule has 172 valence electrons. The standard InChI is InChI=1S/C30H35NO2/c1-22-7-5-8-23(17-22)20-31-21-27(25-13-14-30-26(18-25)15-16-33-30)19-28(31)11-6-10-24-9-3-4-12-29(24)32-2/h3-5,7-9,12-14,17-18,27-28H,6,10-11,15-16,19-21H2,1-2H3. The molecule has 0 N–H and O–H groups in total. The molecule has 2 atom stereocenters. The molecule has 0 radical (unpaired) electrons. The summed E-state index contributed by atoms with van der Waals surface area (Å²) in [5, 5.41) is 0. The number of rotatable bonds is 8. The third kappa shape index (κ3) is 5.09. The predicted octanol–water partition coefficient (Wildman–Crippen LogP) is 6.32. The van der Waals surface area contributed by atoms with E-state index in [-0.39, 0.29) is 0 Å². The van der Waals surface area contributed by atoms with Crippen LogP contribution >= 0.6 is 0 Å². The number of hydrogen-bond donors (Lipinski definition) is 0. The zero-order valence-electron chi connectivity index (χ0n) is 19.9. The van der Waals surface area contributed by atoms with E-state index >= 15 is 0 Å². The van der Waals surface area contributed by atoms with E-state index in [0.29, 0.717) is 12.0 Å². The highest BCUT2D eigenvalue weighted by atomic mass is 16.5. The molecule has 0 aromatic heterocycles. The molecule has 0 bridgehead atoms. The first kappa shape index (κ1) is 22.0. The molecule has 3 nitrogen and oxygen atoms in total. The highest BCUT2D eigenvalue weighted by Gasteiger charge is 2.33. The third-order valence-electron chi connectivity index (χ3n) is 7.36. The number of hydrogen-bond acceptors (Lipinski definition) is 3. The van der Waals surface area contributed by atoms with E-state index < -0.39 is 0 Å². The number of aryl methyl sites for hydroxylation is 2. The van der Waals surface area contributed by atoms with Crippen molar-refractivity contribution in [3.63, 3.8) is 0 Å². The van der Waals surface area contributed by atoms with Crippen molar-refractivity contribution in [3.05, 3.63) is 94.5 Å². The lowest BCUT2D eigenvalue weighted by Gasteiger charge is -2.25. The Hall–Kier alpha value is -2.78. The second-order valence-corrected chi connectivity index (χ2v) is 9.67. The first-order valence-corrected chi connectivity index (χ1v) is 12.4. The van der Waals surface area contributed by atoms with Gasteiger partial charge in [0, 0.05) is 25.6 Å². The van der Waals surface area contributed by atoms with E-state index in [9.17, 15) is 0 Å². The molecule has 3 aromatic rings. The number of nitrogens with zero attached hydrogens (tertiary/aromatic N) is 1. The fourth-order valence-corrected chi connectivity index (χ4v) is 5.66. The Balaban J connectivity index is 1.30. The minimum Gasteiger partial charge on any atom is -0.496 e. The molecule has 0 aliphatic carbocycles. The quantitative estimate of drug-likeness (QED) is 0.408. The average molecular weight is 442 g/mol. The number of methoxy groups -OCH3 is 1. The lowest BCUT2D eigenvalue weighted by Crippen LogP contribution is -2.29. The van der Waals surface area contributed by atoms with E-state index in [2.05, 4.69) is 78.6 Å². The van der Waals surface area contributed by atoms with Crippen molar-refractivity contribution in [2.24, 2.45) is 0 Å². The van der Waals surface area contributed by atoms with Crippen molar-refractivity contribution in [1.82, 2.24) is 4.90 Å². The number of likely N-dealkylation sites (tertiary alicyclic amines) is 1. The molecule has 0 saturated carbocycles. The minimum atomic E-state index is 0.594. The molecule has 33 heavy (non-hydrogen) atoms. The lowest BCUT2D eigenvalue weighted by atomic mass is 9.92. The van der Waals surface area contributed by atoms with E-state index in [1.54, 1.807) is 7.11 Å². The van der Waals surface area contributed by atoms with Crippen molar-refractivity contribution in [2.45, 2.75) is 57.5 Å². The first-order valence-electron chi connectivity index (χ1n) is 12.4. The minimum absolute atomic E-state index is 0.594. The van der Waals surface area contributed by atoms with E-state index in [1.165, 1.54) is 47.1 Å². The Morgan fingerprint density at radius 1 is 1.03 bits per heavy atom. The van der Waals surface area contributed by atoms with Crippen molar-refractivity contribution < 1.29 is 9.47 Å². The van der Waals surface area contributed by atoms with Gasteiger partial charge in [0.15, 0.2) is 0 Å². The molecule has 2 unspecified atom stereocenters. The van der Waals surface area contributed by atoms with Gasteiger partial charge in [-0.1, -0.05) is 60.2 Å². The zero-order chi connectivity index (χ0) is 22.6. The summed E-state index contributed by atoms with van der Waals surface area (Å²) >= 11 is 0. The first-order chi connectivity index (χ1) is 16.2. The van der Waals surface area contributed by atoms with Crippen LogP contribution in [0.2, 0.25) is 0 Å². The van der Waals surface area contributed by atoms with Crippen LogP contribution in [-0.4, -0.2) is 31.2 Å². The molecule has 2 aliphatic rings. The summed E-state index contributed by atoms with van der Waals surface area (Å²) in [5.41, 5.74) is 6.96. The summed E-state index contributed by atoms with van der Waals surface area (Å²) < 4.78 is 11.3. The van der Waals surface area contributed by atoms with Crippen LogP contribution < -0.4 is 9.47 Å². The van der Waals surface area contributed by atoms with Crippen molar-refractivity contribution in [1.29, 1.82) is 0 Å². The molecule has 1 fully saturated rings. The highest BCUT2D eigenvalue weighted by Crippen LogP contribution is 2.37. The van der Waals surface area contributed by atoms with Crippen LogP contribution in [0.25, 0.3) is 0 Å².